The molecule has 2 aromatic heterocycles. The van der Waals surface area contributed by atoms with Gasteiger partial charge in [0, 0.05) is 18.4 Å². The topological polar surface area (TPSA) is 72.7 Å². The normalized spacial score (nSPS) is 14.8. The average Bonchev–Trinajstić information content (AvgIpc) is 3.34. The highest BCUT2D eigenvalue weighted by atomic mass is 32.1. The minimum absolute atomic E-state index is 0.0592. The number of carbonyl (C=O) groups excluding carboxylic acids is 1. The highest BCUT2D eigenvalue weighted by molar-refractivity contribution is 7.18. The van der Waals surface area contributed by atoms with Crippen LogP contribution in [0.15, 0.2) is 54.6 Å². The van der Waals surface area contributed by atoms with Gasteiger partial charge in [-0.05, 0) is 44.0 Å². The highest BCUT2D eigenvalue weighted by Crippen LogP contribution is 2.39. The van der Waals surface area contributed by atoms with Crippen molar-refractivity contribution in [2.24, 2.45) is 0 Å². The van der Waals surface area contributed by atoms with Crippen LogP contribution in [0.3, 0.4) is 0 Å². The van der Waals surface area contributed by atoms with Crippen molar-refractivity contribution in [3.05, 3.63) is 71.3 Å². The van der Waals surface area contributed by atoms with Crippen LogP contribution in [0.4, 0.5) is 0 Å². The Morgan fingerprint density at radius 2 is 1.90 bits per heavy atom. The van der Waals surface area contributed by atoms with Crippen molar-refractivity contribution in [3.8, 4) is 5.69 Å². The second-order valence-corrected chi connectivity index (χ2v) is 8.58. The number of amides is 1. The van der Waals surface area contributed by atoms with Gasteiger partial charge in [-0.15, -0.1) is 16.4 Å². The standard InChI is InChI=1S/C22H21N5OS/c1-14(13-19-24-17-9-5-6-10-18(17)29-19)23-22(28)20-25-21(15-11-12-15)27(26-20)16-7-3-2-4-8-16/h2-10,14-15H,11-13H2,1H3,(H,23,28). The fraction of sp³-hybridized carbons (Fsp3) is 0.273. The Morgan fingerprint density at radius 3 is 2.66 bits per heavy atom. The molecule has 1 saturated carbocycles. The molecule has 0 aliphatic heterocycles. The Kier molecular flexibility index (Phi) is 4.60. The van der Waals surface area contributed by atoms with Gasteiger partial charge in [-0.1, -0.05) is 30.3 Å². The van der Waals surface area contributed by atoms with E-state index < -0.39 is 0 Å². The van der Waals surface area contributed by atoms with Gasteiger partial charge in [-0.2, -0.15) is 0 Å². The lowest BCUT2D eigenvalue weighted by atomic mass is 10.2. The molecule has 0 saturated heterocycles. The molecule has 0 spiro atoms. The van der Waals surface area contributed by atoms with E-state index in [4.69, 9.17) is 0 Å². The molecule has 1 unspecified atom stereocenters. The lowest BCUT2D eigenvalue weighted by molar-refractivity contribution is 0.0929. The fourth-order valence-corrected chi connectivity index (χ4v) is 4.49. The van der Waals surface area contributed by atoms with Crippen LogP contribution in [0.5, 0.6) is 0 Å². The molecule has 2 heterocycles. The predicted octanol–water partition coefficient (Wildman–Crippen LogP) is 4.12. The minimum atomic E-state index is -0.241. The fourth-order valence-electron chi connectivity index (χ4n) is 3.39. The molecular formula is C22H21N5OS. The van der Waals surface area contributed by atoms with E-state index in [9.17, 15) is 4.79 Å². The van der Waals surface area contributed by atoms with Gasteiger partial charge in [0.2, 0.25) is 5.82 Å². The number of rotatable bonds is 6. The van der Waals surface area contributed by atoms with Gasteiger partial charge >= 0.3 is 0 Å². The molecule has 4 aromatic rings. The van der Waals surface area contributed by atoms with Gasteiger partial charge in [-0.3, -0.25) is 4.79 Å². The van der Waals surface area contributed by atoms with E-state index in [1.807, 2.05) is 60.1 Å². The van der Waals surface area contributed by atoms with E-state index in [-0.39, 0.29) is 17.8 Å². The van der Waals surface area contributed by atoms with Crippen molar-refractivity contribution in [2.75, 3.05) is 0 Å². The highest BCUT2D eigenvalue weighted by Gasteiger charge is 2.31. The third kappa shape index (κ3) is 3.78. The van der Waals surface area contributed by atoms with Crippen LogP contribution >= 0.6 is 11.3 Å². The summed E-state index contributed by atoms with van der Waals surface area (Å²) < 4.78 is 2.98. The van der Waals surface area contributed by atoms with Crippen molar-refractivity contribution in [1.82, 2.24) is 25.1 Å². The molecule has 5 rings (SSSR count). The Morgan fingerprint density at radius 1 is 1.14 bits per heavy atom. The smallest absolute Gasteiger partial charge is 0.291 e. The van der Waals surface area contributed by atoms with E-state index in [1.165, 1.54) is 4.70 Å². The van der Waals surface area contributed by atoms with Crippen LogP contribution < -0.4 is 5.32 Å². The lowest BCUT2D eigenvalue weighted by Gasteiger charge is -2.10. The summed E-state index contributed by atoms with van der Waals surface area (Å²) >= 11 is 1.67. The number of thiazole rings is 1. The molecule has 1 amide bonds. The molecule has 0 radical (unpaired) electrons. The molecule has 2 aromatic carbocycles. The van der Waals surface area contributed by atoms with Crippen LogP contribution in [0.25, 0.3) is 15.9 Å². The average molecular weight is 404 g/mol. The van der Waals surface area contributed by atoms with Crippen molar-refractivity contribution in [3.63, 3.8) is 0 Å². The number of nitrogens with one attached hydrogen (secondary N) is 1. The number of hydrogen-bond acceptors (Lipinski definition) is 5. The van der Waals surface area contributed by atoms with Gasteiger partial charge < -0.3 is 5.32 Å². The van der Waals surface area contributed by atoms with E-state index in [0.717, 1.165) is 34.9 Å². The summed E-state index contributed by atoms with van der Waals surface area (Å²) in [4.78, 5) is 22.0. The Hall–Kier alpha value is -3.06. The van der Waals surface area contributed by atoms with E-state index >= 15 is 0 Å². The summed E-state index contributed by atoms with van der Waals surface area (Å²) in [5, 5.41) is 8.56. The first-order valence-electron chi connectivity index (χ1n) is 9.85. The lowest BCUT2D eigenvalue weighted by Crippen LogP contribution is -2.34. The number of benzene rings is 2. The van der Waals surface area contributed by atoms with Crippen LogP contribution in [-0.4, -0.2) is 31.7 Å². The number of para-hydroxylation sites is 2. The molecule has 1 atom stereocenters. The minimum Gasteiger partial charge on any atom is -0.346 e. The number of carbonyl (C=O) groups is 1. The Balaban J connectivity index is 1.32. The molecule has 0 bridgehead atoms. The molecule has 1 aliphatic carbocycles. The maximum absolute atomic E-state index is 12.8. The predicted molar refractivity (Wildman–Crippen MR) is 114 cm³/mol. The SMILES string of the molecule is CC(Cc1nc2ccccc2s1)NC(=O)c1nc(C2CC2)n(-c2ccccc2)n1. The zero-order valence-corrected chi connectivity index (χ0v) is 16.9. The summed E-state index contributed by atoms with van der Waals surface area (Å²) in [6, 6.07) is 17.9. The maximum Gasteiger partial charge on any atom is 0.291 e. The summed E-state index contributed by atoms with van der Waals surface area (Å²) in [5.74, 6) is 1.26. The Labute approximate surface area is 172 Å². The third-order valence-electron chi connectivity index (χ3n) is 4.98. The van der Waals surface area contributed by atoms with Gasteiger partial charge in [0.05, 0.1) is 20.9 Å². The number of hydrogen-bond donors (Lipinski definition) is 1. The number of nitrogens with zero attached hydrogens (tertiary/aromatic N) is 4. The van der Waals surface area contributed by atoms with Gasteiger partial charge in [-0.25, -0.2) is 14.6 Å². The largest absolute Gasteiger partial charge is 0.346 e. The van der Waals surface area contributed by atoms with Gasteiger partial charge in [0.15, 0.2) is 0 Å². The van der Waals surface area contributed by atoms with Crippen LogP contribution in [-0.2, 0) is 6.42 Å². The van der Waals surface area contributed by atoms with Crippen molar-refractivity contribution >= 4 is 27.5 Å². The third-order valence-corrected chi connectivity index (χ3v) is 6.03. The number of aromatic nitrogens is 4. The van der Waals surface area contributed by atoms with Crippen LogP contribution in [0.1, 0.15) is 47.1 Å². The van der Waals surface area contributed by atoms with Gasteiger partial charge in [0.1, 0.15) is 5.82 Å². The summed E-state index contributed by atoms with van der Waals surface area (Å²) in [6.07, 6.45) is 2.88. The molecule has 1 N–H and O–H groups in total. The summed E-state index contributed by atoms with van der Waals surface area (Å²) in [5.41, 5.74) is 1.94. The maximum atomic E-state index is 12.8. The molecule has 7 heteroatoms. The molecule has 1 fully saturated rings. The second-order valence-electron chi connectivity index (χ2n) is 7.47. The summed E-state index contributed by atoms with van der Waals surface area (Å²) in [7, 11) is 0. The molecular weight excluding hydrogens is 382 g/mol. The van der Waals surface area contributed by atoms with E-state index in [2.05, 4.69) is 26.4 Å². The molecule has 1 aliphatic rings. The molecule has 29 heavy (non-hydrogen) atoms. The zero-order chi connectivity index (χ0) is 19.8. The Bertz CT molecular complexity index is 1130. The molecule has 146 valence electrons. The van der Waals surface area contributed by atoms with Crippen molar-refractivity contribution < 1.29 is 4.79 Å². The zero-order valence-electron chi connectivity index (χ0n) is 16.1. The monoisotopic (exact) mass is 403 g/mol. The van der Waals surface area contributed by atoms with Crippen LogP contribution in [0, 0.1) is 0 Å². The van der Waals surface area contributed by atoms with E-state index in [0.29, 0.717) is 12.3 Å². The number of fused-ring (bicyclic) bond motifs is 1. The van der Waals surface area contributed by atoms with Crippen molar-refractivity contribution in [2.45, 2.75) is 38.1 Å². The summed E-state index contributed by atoms with van der Waals surface area (Å²) in [6.45, 7) is 1.99. The second kappa shape index (κ2) is 7.40. The quantitative estimate of drug-likeness (QED) is 0.526. The van der Waals surface area contributed by atoms with Crippen LogP contribution in [0.2, 0.25) is 0 Å². The first-order valence-corrected chi connectivity index (χ1v) is 10.7. The first-order chi connectivity index (χ1) is 14.2. The van der Waals surface area contributed by atoms with Crippen molar-refractivity contribution in [1.29, 1.82) is 0 Å². The first kappa shape index (κ1) is 18.0. The van der Waals surface area contributed by atoms with E-state index in [1.54, 1.807) is 11.3 Å². The van der Waals surface area contributed by atoms with Gasteiger partial charge in [0.25, 0.3) is 5.91 Å². The molecule has 6 nitrogen and oxygen atoms in total.